The van der Waals surface area contributed by atoms with Gasteiger partial charge in [0.15, 0.2) is 0 Å². The van der Waals surface area contributed by atoms with E-state index in [1.165, 1.54) is 0 Å². The van der Waals surface area contributed by atoms with Gasteiger partial charge in [0.05, 0.1) is 0 Å². The first kappa shape index (κ1) is 15.1. The van der Waals surface area contributed by atoms with Crippen LogP contribution in [-0.4, -0.2) is 18.0 Å². The fourth-order valence-corrected chi connectivity index (χ4v) is 1.65. The Balaban J connectivity index is 2.67. The molecule has 0 spiro atoms. The van der Waals surface area contributed by atoms with Crippen LogP contribution in [0.4, 0.5) is 13.6 Å². The normalized spacial score (nSPS) is 11.8. The van der Waals surface area contributed by atoms with Crippen molar-refractivity contribution in [3.63, 3.8) is 0 Å². The van der Waals surface area contributed by atoms with Crippen LogP contribution in [0, 0.1) is 11.6 Å². The van der Waals surface area contributed by atoms with E-state index in [-0.39, 0.29) is 6.04 Å². The highest BCUT2D eigenvalue weighted by Gasteiger charge is 2.19. The Labute approximate surface area is 110 Å². The zero-order valence-electron chi connectivity index (χ0n) is 10.8. The highest BCUT2D eigenvalue weighted by Crippen LogP contribution is 2.11. The minimum absolute atomic E-state index is 0.122. The highest BCUT2D eigenvalue weighted by molar-refractivity contribution is 6.04. The van der Waals surface area contributed by atoms with Gasteiger partial charge in [0.2, 0.25) is 0 Å². The molecule has 0 aliphatic carbocycles. The predicted octanol–water partition coefficient (Wildman–Crippen LogP) is 2.59. The Kier molecular flexibility index (Phi) is 5.41. The van der Waals surface area contributed by atoms with E-state index in [0.717, 1.165) is 31.0 Å². The van der Waals surface area contributed by atoms with Crippen molar-refractivity contribution in [3.8, 4) is 0 Å². The molecule has 1 aromatic rings. The van der Waals surface area contributed by atoms with Gasteiger partial charge in [-0.25, -0.2) is 13.6 Å². The number of rotatable bonds is 4. The number of hydrogen-bond acceptors (Lipinski definition) is 2. The molecule has 19 heavy (non-hydrogen) atoms. The monoisotopic (exact) mass is 270 g/mol. The first-order chi connectivity index (χ1) is 8.95. The van der Waals surface area contributed by atoms with Crippen molar-refractivity contribution in [2.24, 2.45) is 0 Å². The molecule has 104 valence electrons. The second-order valence-electron chi connectivity index (χ2n) is 4.21. The topological polar surface area (TPSA) is 58.2 Å². The summed E-state index contributed by atoms with van der Waals surface area (Å²) in [5, 5.41) is 4.40. The van der Waals surface area contributed by atoms with Crippen LogP contribution in [-0.2, 0) is 0 Å². The Bertz CT molecular complexity index is 457. The number of imide groups is 1. The van der Waals surface area contributed by atoms with Crippen molar-refractivity contribution < 1.29 is 18.4 Å². The van der Waals surface area contributed by atoms with E-state index in [1.54, 1.807) is 6.92 Å². The van der Waals surface area contributed by atoms with Gasteiger partial charge in [0.1, 0.15) is 17.2 Å². The van der Waals surface area contributed by atoms with Gasteiger partial charge < -0.3 is 5.32 Å². The number of nitrogens with one attached hydrogen (secondary N) is 2. The van der Waals surface area contributed by atoms with Crippen LogP contribution in [0.1, 0.15) is 37.0 Å². The van der Waals surface area contributed by atoms with Crippen LogP contribution in [0.2, 0.25) is 0 Å². The third-order valence-electron chi connectivity index (χ3n) is 2.52. The first-order valence-electron chi connectivity index (χ1n) is 6.01. The molecular formula is C13H16F2N2O2. The van der Waals surface area contributed by atoms with E-state index in [9.17, 15) is 18.4 Å². The Morgan fingerprint density at radius 1 is 1.26 bits per heavy atom. The smallest absolute Gasteiger partial charge is 0.321 e. The molecule has 1 atom stereocenters. The zero-order valence-corrected chi connectivity index (χ0v) is 10.8. The summed E-state index contributed by atoms with van der Waals surface area (Å²) in [7, 11) is 0. The molecule has 0 saturated heterocycles. The summed E-state index contributed by atoms with van der Waals surface area (Å²) in [6, 6.07) is 2.16. The quantitative estimate of drug-likeness (QED) is 0.883. The molecule has 0 aliphatic heterocycles. The maximum Gasteiger partial charge on any atom is 0.321 e. The second kappa shape index (κ2) is 6.82. The maximum atomic E-state index is 13.3. The van der Waals surface area contributed by atoms with Crippen molar-refractivity contribution >= 4 is 11.9 Å². The minimum Gasteiger partial charge on any atom is -0.335 e. The predicted molar refractivity (Wildman–Crippen MR) is 66.7 cm³/mol. The van der Waals surface area contributed by atoms with Crippen LogP contribution in [0.15, 0.2) is 18.2 Å². The molecule has 0 bridgehead atoms. The number of amides is 3. The molecule has 1 rings (SSSR count). The highest BCUT2D eigenvalue weighted by atomic mass is 19.1. The SMILES string of the molecule is CCCC(C)NC(=O)NC(=O)c1c(F)cccc1F. The summed E-state index contributed by atoms with van der Waals surface area (Å²) in [4.78, 5) is 23.0. The van der Waals surface area contributed by atoms with E-state index < -0.39 is 29.1 Å². The number of halogens is 2. The summed E-state index contributed by atoms with van der Waals surface area (Å²) < 4.78 is 26.6. The van der Waals surface area contributed by atoms with E-state index in [0.29, 0.717) is 0 Å². The summed E-state index contributed by atoms with van der Waals surface area (Å²) in [6.07, 6.45) is 1.62. The van der Waals surface area contributed by atoms with E-state index >= 15 is 0 Å². The number of benzene rings is 1. The molecule has 0 radical (unpaired) electrons. The van der Waals surface area contributed by atoms with Crippen LogP contribution < -0.4 is 10.6 Å². The van der Waals surface area contributed by atoms with Crippen LogP contribution in [0.25, 0.3) is 0 Å². The molecule has 1 aromatic carbocycles. The summed E-state index contributed by atoms with van der Waals surface area (Å²) in [5.74, 6) is -3.12. The third-order valence-corrected chi connectivity index (χ3v) is 2.52. The van der Waals surface area contributed by atoms with Gasteiger partial charge in [0.25, 0.3) is 5.91 Å². The van der Waals surface area contributed by atoms with E-state index in [4.69, 9.17) is 0 Å². The van der Waals surface area contributed by atoms with Crippen molar-refractivity contribution in [2.45, 2.75) is 32.7 Å². The summed E-state index contributed by atoms with van der Waals surface area (Å²) in [5.41, 5.74) is -0.763. The summed E-state index contributed by atoms with van der Waals surface area (Å²) in [6.45, 7) is 3.73. The lowest BCUT2D eigenvalue weighted by molar-refractivity contribution is 0.0955. The Morgan fingerprint density at radius 3 is 2.37 bits per heavy atom. The molecule has 0 heterocycles. The lowest BCUT2D eigenvalue weighted by atomic mass is 10.2. The molecule has 0 saturated carbocycles. The lowest BCUT2D eigenvalue weighted by Gasteiger charge is -2.13. The third kappa shape index (κ3) is 4.31. The standard InChI is InChI=1S/C13H16F2N2O2/c1-3-5-8(2)16-13(19)17-12(18)11-9(14)6-4-7-10(11)15/h4,6-8H,3,5H2,1-2H3,(H2,16,17,18,19). The first-order valence-corrected chi connectivity index (χ1v) is 6.01. The Hall–Kier alpha value is -1.98. The van der Waals surface area contributed by atoms with Gasteiger partial charge in [-0.2, -0.15) is 0 Å². The molecule has 1 unspecified atom stereocenters. The fraction of sp³-hybridized carbons (Fsp3) is 0.385. The zero-order chi connectivity index (χ0) is 14.4. The molecule has 4 nitrogen and oxygen atoms in total. The number of carbonyl (C=O) groups excluding carboxylic acids is 2. The van der Waals surface area contributed by atoms with Gasteiger partial charge >= 0.3 is 6.03 Å². The van der Waals surface area contributed by atoms with Gasteiger partial charge in [0, 0.05) is 6.04 Å². The number of urea groups is 1. The van der Waals surface area contributed by atoms with Crippen LogP contribution in [0.5, 0.6) is 0 Å². The minimum atomic E-state index is -1.10. The van der Waals surface area contributed by atoms with Crippen molar-refractivity contribution in [3.05, 3.63) is 35.4 Å². The summed E-state index contributed by atoms with van der Waals surface area (Å²) >= 11 is 0. The Morgan fingerprint density at radius 2 is 1.84 bits per heavy atom. The largest absolute Gasteiger partial charge is 0.335 e. The molecular weight excluding hydrogens is 254 g/mol. The van der Waals surface area contributed by atoms with Crippen molar-refractivity contribution in [1.29, 1.82) is 0 Å². The average molecular weight is 270 g/mol. The van der Waals surface area contributed by atoms with Gasteiger partial charge in [-0.3, -0.25) is 10.1 Å². The molecule has 3 amide bonds. The van der Waals surface area contributed by atoms with E-state index in [2.05, 4.69) is 5.32 Å². The maximum absolute atomic E-state index is 13.3. The van der Waals surface area contributed by atoms with Crippen LogP contribution in [0.3, 0.4) is 0 Å². The average Bonchev–Trinajstić information content (AvgIpc) is 2.28. The van der Waals surface area contributed by atoms with Gasteiger partial charge in [-0.05, 0) is 25.5 Å². The van der Waals surface area contributed by atoms with Crippen molar-refractivity contribution in [1.82, 2.24) is 10.6 Å². The van der Waals surface area contributed by atoms with Crippen LogP contribution >= 0.6 is 0 Å². The van der Waals surface area contributed by atoms with E-state index in [1.807, 2.05) is 12.2 Å². The lowest BCUT2D eigenvalue weighted by Crippen LogP contribution is -2.43. The second-order valence-corrected chi connectivity index (χ2v) is 4.21. The number of carbonyl (C=O) groups is 2. The molecule has 0 aromatic heterocycles. The van der Waals surface area contributed by atoms with Crippen molar-refractivity contribution in [2.75, 3.05) is 0 Å². The molecule has 0 aliphatic rings. The molecule has 6 heteroatoms. The van der Waals surface area contributed by atoms with Gasteiger partial charge in [-0.15, -0.1) is 0 Å². The molecule has 0 fully saturated rings. The fourth-order valence-electron chi connectivity index (χ4n) is 1.65. The molecule has 2 N–H and O–H groups in total. The van der Waals surface area contributed by atoms with Gasteiger partial charge in [-0.1, -0.05) is 19.4 Å². The number of hydrogen-bond donors (Lipinski definition) is 2.